The monoisotopic (exact) mass is 433 g/mol. The van der Waals surface area contributed by atoms with Crippen molar-refractivity contribution in [2.45, 2.75) is 37.1 Å². The number of ether oxygens (including phenoxy) is 1. The van der Waals surface area contributed by atoms with Gasteiger partial charge in [0.25, 0.3) is 5.91 Å². The van der Waals surface area contributed by atoms with Crippen LogP contribution in [0.3, 0.4) is 0 Å². The number of fused-ring (bicyclic) bond motifs is 1. The summed E-state index contributed by atoms with van der Waals surface area (Å²) in [6, 6.07) is 9.17. The Bertz CT molecular complexity index is 990. The van der Waals surface area contributed by atoms with Gasteiger partial charge in [0.2, 0.25) is 0 Å². The molecular formula is C22H22ClF2N3O2. The lowest BCUT2D eigenvalue weighted by molar-refractivity contribution is -0.0455. The summed E-state index contributed by atoms with van der Waals surface area (Å²) in [5.41, 5.74) is 0.354. The van der Waals surface area contributed by atoms with Gasteiger partial charge in [-0.1, -0.05) is 17.7 Å². The molecule has 2 aromatic carbocycles. The Morgan fingerprint density at radius 1 is 1.10 bits per heavy atom. The van der Waals surface area contributed by atoms with Crippen molar-refractivity contribution in [3.63, 3.8) is 0 Å². The smallest absolute Gasteiger partial charge is 0.255 e. The largest absolute Gasteiger partial charge is 0.370 e. The summed E-state index contributed by atoms with van der Waals surface area (Å²) in [7, 11) is 0. The maximum atomic E-state index is 14.0. The molecule has 5 nitrogen and oxygen atoms in total. The molecule has 2 N–H and O–H groups in total. The van der Waals surface area contributed by atoms with Crippen LogP contribution >= 0.6 is 11.6 Å². The molecular weight excluding hydrogens is 412 g/mol. The number of amides is 1. The Balaban J connectivity index is 1.27. The van der Waals surface area contributed by atoms with E-state index in [-0.39, 0.29) is 23.6 Å². The van der Waals surface area contributed by atoms with Gasteiger partial charge in [-0.15, -0.1) is 0 Å². The van der Waals surface area contributed by atoms with E-state index < -0.39 is 17.3 Å². The van der Waals surface area contributed by atoms with Crippen molar-refractivity contribution in [3.05, 3.63) is 64.2 Å². The number of likely N-dealkylation sites (tertiary alicyclic amines) is 1. The van der Waals surface area contributed by atoms with E-state index in [9.17, 15) is 13.6 Å². The molecule has 2 fully saturated rings. The second kappa shape index (κ2) is 7.18. The first-order valence-corrected chi connectivity index (χ1v) is 10.4. The van der Waals surface area contributed by atoms with Crippen LogP contribution in [0.2, 0.25) is 5.02 Å². The average molecular weight is 434 g/mol. The third-order valence-electron chi connectivity index (χ3n) is 6.41. The van der Waals surface area contributed by atoms with Crippen molar-refractivity contribution in [3.8, 4) is 0 Å². The standard InChI is InChI=1S/C22H22ClF2N3O2/c23-14-4-5-19-15(10-14)20(29)27-22(26-19)12-21(30-13-22)6-8-28(9-7-21)11-16-17(24)2-1-3-18(16)25/h1-5,10,26H,6-9,11-13H2,(H,27,29). The lowest BCUT2D eigenvalue weighted by Gasteiger charge is -2.41. The second-order valence-corrected chi connectivity index (χ2v) is 8.91. The topological polar surface area (TPSA) is 53.6 Å². The minimum Gasteiger partial charge on any atom is -0.370 e. The van der Waals surface area contributed by atoms with Crippen LogP contribution in [0.4, 0.5) is 14.5 Å². The summed E-state index contributed by atoms with van der Waals surface area (Å²) in [6.07, 6.45) is 2.10. The van der Waals surface area contributed by atoms with Crippen molar-refractivity contribution < 1.29 is 18.3 Å². The molecule has 0 saturated carbocycles. The summed E-state index contributed by atoms with van der Waals surface area (Å²) >= 11 is 6.02. The maximum Gasteiger partial charge on any atom is 0.255 e. The number of halogens is 3. The van der Waals surface area contributed by atoms with Crippen LogP contribution in [0.1, 0.15) is 35.2 Å². The highest BCUT2D eigenvalue weighted by Crippen LogP contribution is 2.43. The lowest BCUT2D eigenvalue weighted by atomic mass is 9.84. The van der Waals surface area contributed by atoms with E-state index in [1.165, 1.54) is 18.2 Å². The highest BCUT2D eigenvalue weighted by atomic mass is 35.5. The Morgan fingerprint density at radius 2 is 1.83 bits per heavy atom. The Kier molecular flexibility index (Phi) is 4.72. The average Bonchev–Trinajstić information content (AvgIpc) is 3.04. The van der Waals surface area contributed by atoms with Crippen molar-refractivity contribution in [2.75, 3.05) is 25.0 Å². The third kappa shape index (κ3) is 3.45. The first-order chi connectivity index (χ1) is 14.4. The number of carbonyl (C=O) groups is 1. The molecule has 1 atom stereocenters. The molecule has 30 heavy (non-hydrogen) atoms. The Labute approximate surface area is 178 Å². The van der Waals surface area contributed by atoms with Crippen molar-refractivity contribution >= 4 is 23.2 Å². The third-order valence-corrected chi connectivity index (χ3v) is 6.65. The van der Waals surface area contributed by atoms with Crippen LogP contribution in [-0.2, 0) is 11.3 Å². The van der Waals surface area contributed by atoms with E-state index in [4.69, 9.17) is 16.3 Å². The zero-order chi connectivity index (χ0) is 20.9. The molecule has 0 aromatic heterocycles. The van der Waals surface area contributed by atoms with E-state index in [1.54, 1.807) is 12.1 Å². The zero-order valence-electron chi connectivity index (χ0n) is 16.3. The summed E-state index contributed by atoms with van der Waals surface area (Å²) in [4.78, 5) is 14.7. The van der Waals surface area contributed by atoms with Crippen molar-refractivity contribution in [1.29, 1.82) is 0 Å². The van der Waals surface area contributed by atoms with Crippen LogP contribution in [0.5, 0.6) is 0 Å². The predicted octanol–water partition coefficient (Wildman–Crippen LogP) is 3.92. The minimum absolute atomic E-state index is 0.105. The lowest BCUT2D eigenvalue weighted by Crippen LogP contribution is -2.59. The molecule has 3 aliphatic heterocycles. The summed E-state index contributed by atoms with van der Waals surface area (Å²) in [5.74, 6) is -1.20. The molecule has 3 heterocycles. The summed E-state index contributed by atoms with van der Waals surface area (Å²) in [6.45, 7) is 1.94. The molecule has 3 aliphatic rings. The highest BCUT2D eigenvalue weighted by Gasteiger charge is 2.53. The van der Waals surface area contributed by atoms with Crippen LogP contribution in [-0.4, -0.2) is 41.8 Å². The SMILES string of the molecule is O=C1NC2(COC3(CCN(Cc4c(F)cccc4F)CC3)C2)Nc2ccc(Cl)cc21. The van der Waals surface area contributed by atoms with E-state index in [2.05, 4.69) is 10.6 Å². The van der Waals surface area contributed by atoms with Crippen LogP contribution in [0.15, 0.2) is 36.4 Å². The predicted molar refractivity (Wildman–Crippen MR) is 109 cm³/mol. The van der Waals surface area contributed by atoms with Crippen molar-refractivity contribution in [2.24, 2.45) is 0 Å². The van der Waals surface area contributed by atoms with E-state index in [0.29, 0.717) is 36.7 Å². The molecule has 2 aromatic rings. The van der Waals surface area contributed by atoms with Crippen LogP contribution in [0.25, 0.3) is 0 Å². The van der Waals surface area contributed by atoms with Crippen LogP contribution < -0.4 is 10.6 Å². The molecule has 8 heteroatoms. The molecule has 1 unspecified atom stereocenters. The van der Waals surface area contributed by atoms with E-state index >= 15 is 0 Å². The van der Waals surface area contributed by atoms with Gasteiger partial charge >= 0.3 is 0 Å². The van der Waals surface area contributed by atoms with Gasteiger partial charge in [-0.3, -0.25) is 9.69 Å². The second-order valence-electron chi connectivity index (χ2n) is 8.48. The molecule has 2 saturated heterocycles. The van der Waals surface area contributed by atoms with E-state index in [1.807, 2.05) is 11.0 Å². The fourth-order valence-electron chi connectivity index (χ4n) is 4.82. The van der Waals surface area contributed by atoms with Gasteiger partial charge in [0.05, 0.1) is 17.8 Å². The molecule has 0 bridgehead atoms. The normalized spacial score (nSPS) is 25.2. The number of nitrogens with one attached hydrogen (secondary N) is 2. The molecule has 1 amide bonds. The quantitative estimate of drug-likeness (QED) is 0.753. The van der Waals surface area contributed by atoms with Gasteiger partial charge in [0, 0.05) is 42.3 Å². The minimum atomic E-state index is -0.655. The van der Waals surface area contributed by atoms with E-state index in [0.717, 1.165) is 18.5 Å². The number of anilines is 1. The van der Waals surface area contributed by atoms with Gasteiger partial charge in [-0.25, -0.2) is 8.78 Å². The Morgan fingerprint density at radius 3 is 2.57 bits per heavy atom. The molecule has 5 rings (SSSR count). The van der Waals surface area contributed by atoms with Crippen LogP contribution in [0, 0.1) is 11.6 Å². The number of benzene rings is 2. The van der Waals surface area contributed by atoms with Gasteiger partial charge in [-0.05, 0) is 43.2 Å². The molecule has 158 valence electrons. The summed E-state index contributed by atoms with van der Waals surface area (Å²) in [5, 5.41) is 7.02. The maximum absolute atomic E-state index is 14.0. The number of hydrogen-bond acceptors (Lipinski definition) is 4. The number of rotatable bonds is 2. The van der Waals surface area contributed by atoms with Gasteiger partial charge in [0.15, 0.2) is 0 Å². The summed E-state index contributed by atoms with van der Waals surface area (Å²) < 4.78 is 34.2. The van der Waals surface area contributed by atoms with Gasteiger partial charge in [0.1, 0.15) is 17.3 Å². The highest BCUT2D eigenvalue weighted by molar-refractivity contribution is 6.31. The Hall–Kier alpha value is -2.22. The first-order valence-electron chi connectivity index (χ1n) is 10.1. The molecule has 0 radical (unpaired) electrons. The number of piperidine rings is 1. The fourth-order valence-corrected chi connectivity index (χ4v) is 4.99. The number of hydrogen-bond donors (Lipinski definition) is 2. The molecule has 0 aliphatic carbocycles. The number of carbonyl (C=O) groups excluding carboxylic acids is 1. The zero-order valence-corrected chi connectivity index (χ0v) is 17.1. The first kappa shape index (κ1) is 19.7. The van der Waals surface area contributed by atoms with Gasteiger partial charge < -0.3 is 15.4 Å². The van der Waals surface area contributed by atoms with Gasteiger partial charge in [-0.2, -0.15) is 0 Å². The van der Waals surface area contributed by atoms with Crippen molar-refractivity contribution in [1.82, 2.24) is 10.2 Å². The number of nitrogens with zero attached hydrogens (tertiary/aromatic N) is 1. The molecule has 2 spiro atoms. The fraction of sp³-hybridized carbons (Fsp3) is 0.409.